The molecule has 1 aromatic carbocycles. The molecule has 1 heterocycles. The van der Waals surface area contributed by atoms with E-state index >= 15 is 0 Å². The lowest BCUT2D eigenvalue weighted by Crippen LogP contribution is -2.08. The maximum Gasteiger partial charge on any atom is 0.340 e. The molecule has 4 nitrogen and oxygen atoms in total. The number of esters is 1. The molecular formula is C11H9FN2O2S. The van der Waals surface area contributed by atoms with Gasteiger partial charge in [0.1, 0.15) is 17.4 Å². The quantitative estimate of drug-likeness (QED) is 0.672. The lowest BCUT2D eigenvalue weighted by molar-refractivity contribution is 0.0473. The maximum atomic E-state index is 12.8. The number of carbonyl (C=O) groups excluding carboxylic acids is 1. The minimum atomic E-state index is -0.585. The summed E-state index contributed by atoms with van der Waals surface area (Å²) in [6.45, 7) is 0.0906. The standard InChI is InChI=1S/C11H9FN2O2S/c12-7-1-2-8(9(13)5-7)11(15)16-6-10-14-3-4-17-10/h1-5H,6,13H2. The summed E-state index contributed by atoms with van der Waals surface area (Å²) in [4.78, 5) is 15.6. The number of nitrogens with zero attached hydrogens (tertiary/aromatic N) is 1. The van der Waals surface area contributed by atoms with Crippen molar-refractivity contribution in [3.8, 4) is 0 Å². The molecule has 2 rings (SSSR count). The van der Waals surface area contributed by atoms with E-state index in [1.807, 2.05) is 0 Å². The zero-order chi connectivity index (χ0) is 12.3. The highest BCUT2D eigenvalue weighted by Gasteiger charge is 2.12. The number of nitrogens with two attached hydrogens (primary N) is 1. The Labute approximate surface area is 101 Å². The zero-order valence-corrected chi connectivity index (χ0v) is 9.54. The summed E-state index contributed by atoms with van der Waals surface area (Å²) in [7, 11) is 0. The average molecular weight is 252 g/mol. The lowest BCUT2D eigenvalue weighted by Gasteiger charge is -2.05. The van der Waals surface area contributed by atoms with Gasteiger partial charge in [0.2, 0.25) is 0 Å². The first kappa shape index (κ1) is 11.5. The predicted molar refractivity (Wildman–Crippen MR) is 62.0 cm³/mol. The van der Waals surface area contributed by atoms with Crippen LogP contribution in [0.15, 0.2) is 29.8 Å². The average Bonchev–Trinajstić information content (AvgIpc) is 2.78. The van der Waals surface area contributed by atoms with E-state index < -0.39 is 11.8 Å². The molecule has 1 aromatic heterocycles. The fraction of sp³-hybridized carbons (Fsp3) is 0.0909. The molecule has 17 heavy (non-hydrogen) atoms. The summed E-state index contributed by atoms with van der Waals surface area (Å²) in [6, 6.07) is 3.55. The second-order valence-corrected chi connectivity index (χ2v) is 4.21. The maximum absolute atomic E-state index is 12.8. The fourth-order valence-corrected chi connectivity index (χ4v) is 1.78. The smallest absolute Gasteiger partial charge is 0.340 e. The van der Waals surface area contributed by atoms with E-state index in [1.165, 1.54) is 17.4 Å². The summed E-state index contributed by atoms with van der Waals surface area (Å²) in [5.74, 6) is -1.07. The van der Waals surface area contributed by atoms with E-state index in [0.717, 1.165) is 12.1 Å². The van der Waals surface area contributed by atoms with Gasteiger partial charge in [-0.25, -0.2) is 14.2 Å². The second-order valence-electron chi connectivity index (χ2n) is 3.23. The number of ether oxygens (including phenoxy) is 1. The SMILES string of the molecule is Nc1cc(F)ccc1C(=O)OCc1nccs1. The number of anilines is 1. The van der Waals surface area contributed by atoms with Gasteiger partial charge in [0.25, 0.3) is 0 Å². The fourth-order valence-electron chi connectivity index (χ4n) is 1.25. The van der Waals surface area contributed by atoms with Gasteiger partial charge in [0, 0.05) is 17.3 Å². The van der Waals surface area contributed by atoms with Crippen molar-refractivity contribution < 1.29 is 13.9 Å². The van der Waals surface area contributed by atoms with Crippen LogP contribution in [0.3, 0.4) is 0 Å². The predicted octanol–water partition coefficient (Wildman–Crippen LogP) is 2.22. The number of benzene rings is 1. The number of hydrogen-bond donors (Lipinski definition) is 1. The van der Waals surface area contributed by atoms with Crippen LogP contribution in [0, 0.1) is 5.82 Å². The van der Waals surface area contributed by atoms with E-state index in [0.29, 0.717) is 5.01 Å². The Kier molecular flexibility index (Phi) is 3.34. The topological polar surface area (TPSA) is 65.2 Å². The molecule has 2 N–H and O–H groups in total. The van der Waals surface area contributed by atoms with Gasteiger partial charge in [-0.05, 0) is 18.2 Å². The van der Waals surface area contributed by atoms with Crippen molar-refractivity contribution >= 4 is 23.0 Å². The van der Waals surface area contributed by atoms with Gasteiger partial charge in [-0.3, -0.25) is 0 Å². The highest BCUT2D eigenvalue weighted by Crippen LogP contribution is 2.15. The molecule has 0 radical (unpaired) electrons. The summed E-state index contributed by atoms with van der Waals surface area (Å²) >= 11 is 1.39. The van der Waals surface area contributed by atoms with Crippen molar-refractivity contribution in [2.45, 2.75) is 6.61 Å². The Morgan fingerprint density at radius 2 is 2.35 bits per heavy atom. The minimum absolute atomic E-state index is 0.0640. The van der Waals surface area contributed by atoms with E-state index in [2.05, 4.69) is 4.98 Å². The number of rotatable bonds is 3. The van der Waals surface area contributed by atoms with Crippen molar-refractivity contribution in [3.63, 3.8) is 0 Å². The van der Waals surface area contributed by atoms with E-state index in [1.54, 1.807) is 11.6 Å². The van der Waals surface area contributed by atoms with Crippen LogP contribution in [0.5, 0.6) is 0 Å². The van der Waals surface area contributed by atoms with Gasteiger partial charge in [-0.1, -0.05) is 0 Å². The lowest BCUT2D eigenvalue weighted by atomic mass is 10.2. The molecule has 0 fully saturated rings. The van der Waals surface area contributed by atoms with Gasteiger partial charge in [0.15, 0.2) is 0 Å². The van der Waals surface area contributed by atoms with Gasteiger partial charge in [-0.15, -0.1) is 11.3 Å². The molecule has 0 spiro atoms. The van der Waals surface area contributed by atoms with Crippen LogP contribution >= 0.6 is 11.3 Å². The molecule has 0 unspecified atom stereocenters. The Hall–Kier alpha value is -1.95. The Morgan fingerprint density at radius 1 is 1.53 bits per heavy atom. The highest BCUT2D eigenvalue weighted by atomic mass is 32.1. The second kappa shape index (κ2) is 4.92. The van der Waals surface area contributed by atoms with Crippen LogP contribution in [-0.2, 0) is 11.3 Å². The summed E-state index contributed by atoms with van der Waals surface area (Å²) in [5, 5.41) is 2.48. The van der Waals surface area contributed by atoms with Gasteiger partial charge in [-0.2, -0.15) is 0 Å². The van der Waals surface area contributed by atoms with Crippen LogP contribution in [0.1, 0.15) is 15.4 Å². The third-order valence-corrected chi connectivity index (χ3v) is 2.80. The van der Waals surface area contributed by atoms with Gasteiger partial charge in [0.05, 0.1) is 5.56 Å². The molecule has 0 saturated heterocycles. The van der Waals surface area contributed by atoms with E-state index in [4.69, 9.17) is 10.5 Å². The Morgan fingerprint density at radius 3 is 3.00 bits per heavy atom. The summed E-state index contributed by atoms with van der Waals surface area (Å²) in [6.07, 6.45) is 1.63. The molecule has 0 aliphatic heterocycles. The van der Waals surface area contributed by atoms with E-state index in [9.17, 15) is 9.18 Å². The monoisotopic (exact) mass is 252 g/mol. The zero-order valence-electron chi connectivity index (χ0n) is 8.72. The Bertz CT molecular complexity index is 528. The highest BCUT2D eigenvalue weighted by molar-refractivity contribution is 7.09. The molecule has 0 aliphatic rings. The van der Waals surface area contributed by atoms with Crippen LogP contribution in [0.25, 0.3) is 0 Å². The number of thiazole rings is 1. The number of hydrogen-bond acceptors (Lipinski definition) is 5. The van der Waals surface area contributed by atoms with Gasteiger partial charge >= 0.3 is 5.97 Å². The number of aromatic nitrogens is 1. The number of nitrogen functional groups attached to an aromatic ring is 1. The normalized spacial score (nSPS) is 10.2. The van der Waals surface area contributed by atoms with Crippen molar-refractivity contribution in [1.82, 2.24) is 4.98 Å². The Balaban J connectivity index is 2.04. The summed E-state index contributed by atoms with van der Waals surface area (Å²) in [5.41, 5.74) is 5.74. The van der Waals surface area contributed by atoms with Crippen molar-refractivity contribution in [3.05, 3.63) is 46.2 Å². The third-order valence-electron chi connectivity index (χ3n) is 2.04. The first-order valence-corrected chi connectivity index (χ1v) is 5.65. The molecule has 6 heteroatoms. The molecule has 0 atom stereocenters. The molecule has 2 aromatic rings. The van der Waals surface area contributed by atoms with E-state index in [-0.39, 0.29) is 17.9 Å². The molecule has 0 aliphatic carbocycles. The molecule has 0 amide bonds. The van der Waals surface area contributed by atoms with Crippen LogP contribution in [-0.4, -0.2) is 11.0 Å². The first-order valence-electron chi connectivity index (χ1n) is 4.77. The van der Waals surface area contributed by atoms with Gasteiger partial charge < -0.3 is 10.5 Å². The van der Waals surface area contributed by atoms with Crippen molar-refractivity contribution in [2.24, 2.45) is 0 Å². The summed E-state index contributed by atoms with van der Waals surface area (Å²) < 4.78 is 17.8. The molecule has 0 bridgehead atoms. The third kappa shape index (κ3) is 2.79. The number of halogens is 1. The minimum Gasteiger partial charge on any atom is -0.455 e. The first-order chi connectivity index (χ1) is 8.16. The van der Waals surface area contributed by atoms with Crippen LogP contribution in [0.4, 0.5) is 10.1 Å². The van der Waals surface area contributed by atoms with Crippen LogP contribution < -0.4 is 5.73 Å². The van der Waals surface area contributed by atoms with Crippen LogP contribution in [0.2, 0.25) is 0 Å². The van der Waals surface area contributed by atoms with Crippen molar-refractivity contribution in [2.75, 3.05) is 5.73 Å². The number of carbonyl (C=O) groups is 1. The molecular weight excluding hydrogens is 243 g/mol. The van der Waals surface area contributed by atoms with Crippen molar-refractivity contribution in [1.29, 1.82) is 0 Å². The molecule has 0 saturated carbocycles. The largest absolute Gasteiger partial charge is 0.455 e. The molecule has 88 valence electrons.